The first-order valence-corrected chi connectivity index (χ1v) is 46.4. The number of likely N-dealkylation sites (N-methyl/N-ethyl adjacent to an activating group) is 1. The van der Waals surface area contributed by atoms with Gasteiger partial charge >= 0.3 is 19.8 Å². The molecule has 0 bridgehead atoms. The number of allylic oxidation sites excluding steroid dienone is 22. The summed E-state index contributed by atoms with van der Waals surface area (Å²) in [5.74, 6) is -0.785. The van der Waals surface area contributed by atoms with Gasteiger partial charge in [0, 0.05) is 12.8 Å². The third-order valence-electron chi connectivity index (χ3n) is 19.7. The molecule has 9 nitrogen and oxygen atoms in total. The largest absolute Gasteiger partial charge is 0.472 e. The Balaban J connectivity index is 3.91. The van der Waals surface area contributed by atoms with E-state index < -0.39 is 26.5 Å². The van der Waals surface area contributed by atoms with Crippen molar-refractivity contribution < 1.29 is 42.1 Å². The maximum absolute atomic E-state index is 12.9. The highest BCUT2D eigenvalue weighted by molar-refractivity contribution is 7.47. The topological polar surface area (TPSA) is 108 Å². The second kappa shape index (κ2) is 85.2. The predicted molar refractivity (Wildman–Crippen MR) is 464 cm³/mol. The van der Waals surface area contributed by atoms with Crippen molar-refractivity contribution >= 4 is 19.8 Å². The molecule has 0 aromatic rings. The number of esters is 2. The lowest BCUT2D eigenvalue weighted by atomic mass is 10.0. The highest BCUT2D eigenvalue weighted by atomic mass is 31.2. The molecule has 10 heteroatoms. The number of carbonyl (C=O) groups excluding carboxylic acids is 2. The number of carbonyl (C=O) groups is 2. The number of phosphoric acid groups is 1. The molecule has 0 aliphatic carbocycles. The Labute approximate surface area is 657 Å². The van der Waals surface area contributed by atoms with E-state index in [2.05, 4.69) is 148 Å². The molecule has 0 radical (unpaired) electrons. The van der Waals surface area contributed by atoms with Crippen LogP contribution in [0.1, 0.15) is 412 Å². The highest BCUT2D eigenvalue weighted by Gasteiger charge is 2.27. The van der Waals surface area contributed by atoms with Crippen LogP contribution >= 0.6 is 7.82 Å². The summed E-state index contributed by atoms with van der Waals surface area (Å²) in [6.07, 6.45) is 125. The van der Waals surface area contributed by atoms with Gasteiger partial charge in [0.25, 0.3) is 0 Å². The molecular formula is C96H171NO8P+. The van der Waals surface area contributed by atoms with Crippen LogP contribution in [-0.4, -0.2) is 74.9 Å². The molecule has 0 heterocycles. The average Bonchev–Trinajstić information content (AvgIpc) is 0.908. The molecule has 0 aliphatic heterocycles. The fourth-order valence-electron chi connectivity index (χ4n) is 12.9. The van der Waals surface area contributed by atoms with Gasteiger partial charge in [0.05, 0.1) is 27.7 Å². The molecule has 2 atom stereocenters. The molecule has 612 valence electrons. The van der Waals surface area contributed by atoms with Gasteiger partial charge in [-0.25, -0.2) is 4.57 Å². The standard InChI is InChI=1S/C96H170NO8P/c1-6-8-10-12-14-16-18-20-22-24-26-28-30-32-34-36-38-40-42-44-46-48-50-52-54-56-58-60-62-64-66-68-70-72-74-76-78-80-82-84-86-88-95(98)102-92-94(93-104-106(100,101)103-91-90-97(3,4)5)105-96(99)89-87-85-83-81-79-77-75-73-71-69-67-65-63-61-59-57-55-53-51-49-47-45-43-41-39-37-35-33-31-29-27-25-23-21-19-17-15-13-11-9-7-2/h9,11,15,17-18,20-21,23-24,26-27,29,33,35,39,41,45,47,51,53,57,59,94H,6-8,10,12-14,16,19,22,25,28,30-32,34,36-38,40,42-44,46,48-50,52,54-56,58,60-93H2,1-5H3/p+1/b11-9-,17-15-,20-18-,23-21-,26-24-,29-27-,35-33-,41-39-,47-45-,53-51-,59-57-. The van der Waals surface area contributed by atoms with Crippen LogP contribution in [0.15, 0.2) is 134 Å². The Morgan fingerprint density at radius 3 is 0.802 bits per heavy atom. The van der Waals surface area contributed by atoms with E-state index in [0.717, 1.165) is 103 Å². The number of rotatable bonds is 83. The van der Waals surface area contributed by atoms with E-state index in [-0.39, 0.29) is 32.0 Å². The lowest BCUT2D eigenvalue weighted by Crippen LogP contribution is -2.37. The first-order valence-electron chi connectivity index (χ1n) is 44.9. The van der Waals surface area contributed by atoms with E-state index in [9.17, 15) is 19.0 Å². The summed E-state index contributed by atoms with van der Waals surface area (Å²) < 4.78 is 34.9. The van der Waals surface area contributed by atoms with Crippen LogP contribution in [0.2, 0.25) is 0 Å². The molecule has 0 aromatic heterocycles. The van der Waals surface area contributed by atoms with Gasteiger partial charge in [-0.15, -0.1) is 0 Å². The molecule has 0 amide bonds. The number of unbranched alkanes of at least 4 members (excludes halogenated alkanes) is 47. The summed E-state index contributed by atoms with van der Waals surface area (Å²) in [5.41, 5.74) is 0. The third-order valence-corrected chi connectivity index (χ3v) is 20.6. The summed E-state index contributed by atoms with van der Waals surface area (Å²) in [6.45, 7) is 4.35. The van der Waals surface area contributed by atoms with E-state index in [0.29, 0.717) is 17.4 Å². The smallest absolute Gasteiger partial charge is 0.462 e. The van der Waals surface area contributed by atoms with E-state index in [1.165, 1.54) is 276 Å². The van der Waals surface area contributed by atoms with Crippen molar-refractivity contribution in [3.05, 3.63) is 134 Å². The Hall–Kier alpha value is -3.85. The zero-order valence-electron chi connectivity index (χ0n) is 70.1. The number of ether oxygens (including phenoxy) is 2. The minimum Gasteiger partial charge on any atom is -0.462 e. The summed E-state index contributed by atoms with van der Waals surface area (Å²) in [6, 6.07) is 0. The number of quaternary nitrogens is 1. The van der Waals surface area contributed by atoms with Crippen LogP contribution in [-0.2, 0) is 32.7 Å². The second-order valence-corrected chi connectivity index (χ2v) is 32.7. The van der Waals surface area contributed by atoms with Crippen molar-refractivity contribution in [2.45, 2.75) is 418 Å². The molecule has 0 saturated heterocycles. The molecule has 0 fully saturated rings. The van der Waals surface area contributed by atoms with E-state index >= 15 is 0 Å². The molecule has 2 unspecified atom stereocenters. The number of hydrogen-bond acceptors (Lipinski definition) is 7. The highest BCUT2D eigenvalue weighted by Crippen LogP contribution is 2.43. The van der Waals surface area contributed by atoms with E-state index in [1.807, 2.05) is 21.1 Å². The van der Waals surface area contributed by atoms with Gasteiger partial charge < -0.3 is 18.9 Å². The first kappa shape index (κ1) is 102. The molecule has 0 saturated carbocycles. The third kappa shape index (κ3) is 89.0. The van der Waals surface area contributed by atoms with E-state index in [4.69, 9.17) is 18.5 Å². The molecule has 0 spiro atoms. The molecular weight excluding hydrogens is 1330 g/mol. The van der Waals surface area contributed by atoms with Gasteiger partial charge in [-0.1, -0.05) is 417 Å². The molecule has 0 rings (SSSR count). The molecule has 106 heavy (non-hydrogen) atoms. The van der Waals surface area contributed by atoms with Crippen LogP contribution in [0.4, 0.5) is 0 Å². The van der Waals surface area contributed by atoms with Crippen LogP contribution < -0.4 is 0 Å². The van der Waals surface area contributed by atoms with Crippen molar-refractivity contribution in [1.82, 2.24) is 0 Å². The van der Waals surface area contributed by atoms with Gasteiger partial charge in [-0.2, -0.15) is 0 Å². The fourth-order valence-corrected chi connectivity index (χ4v) is 13.6. The Morgan fingerprint density at radius 1 is 0.302 bits per heavy atom. The lowest BCUT2D eigenvalue weighted by Gasteiger charge is -2.24. The maximum atomic E-state index is 12.9. The Morgan fingerprint density at radius 2 is 0.538 bits per heavy atom. The number of phosphoric ester groups is 1. The van der Waals surface area contributed by atoms with Gasteiger partial charge in [-0.05, 0) is 116 Å². The predicted octanol–water partition coefficient (Wildman–Crippen LogP) is 30.6. The Kier molecular flexibility index (Phi) is 82.1. The minimum absolute atomic E-state index is 0.0291. The van der Waals surface area contributed by atoms with Gasteiger partial charge in [0.15, 0.2) is 6.10 Å². The van der Waals surface area contributed by atoms with Gasteiger partial charge in [0.2, 0.25) is 0 Å². The summed E-state index contributed by atoms with van der Waals surface area (Å²) in [7, 11) is 1.48. The number of nitrogens with zero attached hydrogens (tertiary/aromatic N) is 1. The second-order valence-electron chi connectivity index (χ2n) is 31.3. The summed E-state index contributed by atoms with van der Waals surface area (Å²) >= 11 is 0. The minimum atomic E-state index is -4.40. The van der Waals surface area contributed by atoms with Crippen molar-refractivity contribution in [2.75, 3.05) is 47.5 Å². The lowest BCUT2D eigenvalue weighted by molar-refractivity contribution is -0.870. The SMILES string of the molecule is CC/C=C\C/C=C\C/C=C\C/C=C\C/C=C\C/C=C\C/C=C\C/C=C\C/C=C\CCCCCCCCCCCCCCCC(=O)OC(COC(=O)CCCCCCCCCCCCCCCCCCCCCCCCCCCCCCC/C=C\C/C=C\CCCCCCC)COP(=O)(O)OCC[N+](C)(C)C. The molecule has 0 aromatic carbocycles. The van der Waals surface area contributed by atoms with E-state index in [1.54, 1.807) is 0 Å². The van der Waals surface area contributed by atoms with Crippen LogP contribution in [0.5, 0.6) is 0 Å². The first-order chi connectivity index (χ1) is 52.0. The zero-order valence-corrected chi connectivity index (χ0v) is 71.0. The quantitative estimate of drug-likeness (QED) is 0.0211. The molecule has 1 N–H and O–H groups in total. The zero-order chi connectivity index (χ0) is 76.8. The van der Waals surface area contributed by atoms with Crippen molar-refractivity contribution in [1.29, 1.82) is 0 Å². The van der Waals surface area contributed by atoms with Gasteiger partial charge in [-0.3, -0.25) is 18.6 Å². The van der Waals surface area contributed by atoms with Crippen molar-refractivity contribution in [3.8, 4) is 0 Å². The number of hydrogen-bond donors (Lipinski definition) is 1. The Bertz CT molecular complexity index is 2260. The van der Waals surface area contributed by atoms with Gasteiger partial charge in [0.1, 0.15) is 19.8 Å². The fraction of sp³-hybridized carbons (Fsp3) is 0.750. The molecule has 0 aliphatic rings. The van der Waals surface area contributed by atoms with Crippen LogP contribution in [0.3, 0.4) is 0 Å². The summed E-state index contributed by atoms with van der Waals surface area (Å²) in [5, 5.41) is 0. The average molecular weight is 1500 g/mol. The van der Waals surface area contributed by atoms with Crippen LogP contribution in [0, 0.1) is 0 Å². The summed E-state index contributed by atoms with van der Waals surface area (Å²) in [4.78, 5) is 36.1. The maximum Gasteiger partial charge on any atom is 0.472 e. The monoisotopic (exact) mass is 1500 g/mol. The van der Waals surface area contributed by atoms with Crippen molar-refractivity contribution in [2.24, 2.45) is 0 Å². The van der Waals surface area contributed by atoms with Crippen LogP contribution in [0.25, 0.3) is 0 Å². The van der Waals surface area contributed by atoms with Crippen molar-refractivity contribution in [3.63, 3.8) is 0 Å². The normalized spacial score (nSPS) is 13.6.